The van der Waals surface area contributed by atoms with Gasteiger partial charge in [0, 0.05) is 19.1 Å². The third kappa shape index (κ3) is 7.09. The molecule has 1 aliphatic heterocycles. The second-order valence-corrected chi connectivity index (χ2v) is 5.52. The van der Waals surface area contributed by atoms with Gasteiger partial charge in [0.05, 0.1) is 13.1 Å². The average Bonchev–Trinajstić information content (AvgIpc) is 2.32. The molecule has 20 heavy (non-hydrogen) atoms. The van der Waals surface area contributed by atoms with Crippen LogP contribution in [0.1, 0.15) is 32.6 Å². The van der Waals surface area contributed by atoms with Gasteiger partial charge in [-0.15, -0.1) is 0 Å². The van der Waals surface area contributed by atoms with Gasteiger partial charge in [-0.3, -0.25) is 9.69 Å². The molecule has 0 radical (unpaired) electrons. The first-order chi connectivity index (χ1) is 9.30. The number of hydrogen-bond donors (Lipinski definition) is 2. The van der Waals surface area contributed by atoms with Gasteiger partial charge in [0.1, 0.15) is 0 Å². The minimum absolute atomic E-state index is 0.104. The Balaban J connectivity index is 2.52. The van der Waals surface area contributed by atoms with Crippen molar-refractivity contribution in [1.29, 1.82) is 0 Å². The molecule has 2 N–H and O–H groups in total. The van der Waals surface area contributed by atoms with Crippen molar-refractivity contribution in [3.8, 4) is 0 Å². The lowest BCUT2D eigenvalue weighted by Crippen LogP contribution is -2.52. The van der Waals surface area contributed by atoms with Gasteiger partial charge in [-0.05, 0) is 18.8 Å². The number of nitrogens with zero attached hydrogens (tertiary/aromatic N) is 1. The first-order valence-electron chi connectivity index (χ1n) is 7.04. The molecule has 4 nitrogen and oxygen atoms in total. The summed E-state index contributed by atoms with van der Waals surface area (Å²) in [6, 6.07) is -0.286. The number of carbonyl (C=O) groups is 1. The molecule has 118 valence electrons. The number of halogens is 3. The Bertz CT molecular complexity index is 310. The highest BCUT2D eigenvalue weighted by atomic mass is 19.4. The van der Waals surface area contributed by atoms with E-state index in [1.54, 1.807) is 4.90 Å². The summed E-state index contributed by atoms with van der Waals surface area (Å²) in [5, 5.41) is 11.3. The summed E-state index contributed by atoms with van der Waals surface area (Å²) in [5.41, 5.74) is 0. The van der Waals surface area contributed by atoms with Crippen LogP contribution in [-0.2, 0) is 4.79 Å². The molecule has 2 atom stereocenters. The predicted molar refractivity (Wildman–Crippen MR) is 69.6 cm³/mol. The van der Waals surface area contributed by atoms with E-state index in [1.807, 2.05) is 0 Å². The van der Waals surface area contributed by atoms with Gasteiger partial charge in [-0.25, -0.2) is 0 Å². The number of likely N-dealkylation sites (tertiary alicyclic amines) is 1. The van der Waals surface area contributed by atoms with E-state index in [0.29, 0.717) is 19.5 Å². The molecule has 0 aromatic rings. The van der Waals surface area contributed by atoms with Gasteiger partial charge < -0.3 is 10.4 Å². The Hall–Kier alpha value is -0.820. The maximum absolute atomic E-state index is 12.2. The number of aliphatic carboxylic acids is 1. The normalized spacial score (nSPS) is 24.8. The summed E-state index contributed by atoms with van der Waals surface area (Å²) in [7, 11) is 0. The highest BCUT2D eigenvalue weighted by molar-refractivity contribution is 5.69. The van der Waals surface area contributed by atoms with Gasteiger partial charge in [0.25, 0.3) is 0 Å². The maximum atomic E-state index is 12.2. The lowest BCUT2D eigenvalue weighted by Gasteiger charge is -2.37. The second kappa shape index (κ2) is 7.83. The van der Waals surface area contributed by atoms with Crippen molar-refractivity contribution >= 4 is 5.97 Å². The Labute approximate surface area is 117 Å². The number of hydrogen-bond acceptors (Lipinski definition) is 3. The van der Waals surface area contributed by atoms with Crippen molar-refractivity contribution < 1.29 is 23.1 Å². The largest absolute Gasteiger partial charge is 0.480 e. The van der Waals surface area contributed by atoms with Crippen LogP contribution in [0.5, 0.6) is 0 Å². The van der Waals surface area contributed by atoms with Crippen molar-refractivity contribution in [2.24, 2.45) is 5.92 Å². The highest BCUT2D eigenvalue weighted by Crippen LogP contribution is 2.23. The first-order valence-corrected chi connectivity index (χ1v) is 7.04. The summed E-state index contributed by atoms with van der Waals surface area (Å²) >= 11 is 0. The molecule has 0 aromatic carbocycles. The molecule has 0 aliphatic carbocycles. The van der Waals surface area contributed by atoms with Gasteiger partial charge in [0.2, 0.25) is 0 Å². The Kier molecular flexibility index (Phi) is 6.75. The van der Waals surface area contributed by atoms with Crippen molar-refractivity contribution in [1.82, 2.24) is 10.2 Å². The van der Waals surface area contributed by atoms with Crippen molar-refractivity contribution in [3.63, 3.8) is 0 Å². The lowest BCUT2D eigenvalue weighted by molar-refractivity contribution is -0.139. The zero-order chi connectivity index (χ0) is 15.2. The summed E-state index contributed by atoms with van der Waals surface area (Å²) in [6.45, 7) is 1.98. The SMILES string of the molecule is CCCCC1CC(NCC(F)(F)F)CN(CC(=O)O)C1. The van der Waals surface area contributed by atoms with E-state index in [2.05, 4.69) is 12.2 Å². The molecule has 0 saturated carbocycles. The quantitative estimate of drug-likeness (QED) is 0.755. The molecule has 1 fully saturated rings. The fourth-order valence-electron chi connectivity index (χ4n) is 2.73. The summed E-state index contributed by atoms with van der Waals surface area (Å²) in [6.07, 6.45) is -0.537. The maximum Gasteiger partial charge on any atom is 0.401 e. The van der Waals surface area contributed by atoms with E-state index in [-0.39, 0.29) is 18.5 Å². The molecule has 7 heteroatoms. The van der Waals surface area contributed by atoms with Crippen LogP contribution in [0.3, 0.4) is 0 Å². The smallest absolute Gasteiger partial charge is 0.401 e. The highest BCUT2D eigenvalue weighted by Gasteiger charge is 2.32. The third-order valence-corrected chi connectivity index (χ3v) is 3.53. The fourth-order valence-corrected chi connectivity index (χ4v) is 2.73. The molecule has 2 unspecified atom stereocenters. The number of unbranched alkanes of at least 4 members (excludes halogenated alkanes) is 1. The van der Waals surface area contributed by atoms with Crippen LogP contribution in [0, 0.1) is 5.92 Å². The molecule has 0 amide bonds. The minimum Gasteiger partial charge on any atom is -0.480 e. The topological polar surface area (TPSA) is 52.6 Å². The number of carboxylic acid groups (broad SMARTS) is 1. The number of nitrogens with one attached hydrogen (secondary N) is 1. The van der Waals surface area contributed by atoms with Crippen LogP contribution in [-0.4, -0.2) is 54.4 Å². The van der Waals surface area contributed by atoms with Gasteiger partial charge in [-0.1, -0.05) is 19.8 Å². The molecular formula is C13H23F3N2O2. The lowest BCUT2D eigenvalue weighted by atomic mass is 9.90. The van der Waals surface area contributed by atoms with Gasteiger partial charge in [-0.2, -0.15) is 13.2 Å². The molecule has 1 rings (SSSR count). The summed E-state index contributed by atoms with van der Waals surface area (Å²) < 4.78 is 36.7. The predicted octanol–water partition coefficient (Wildman–Crippen LogP) is 2.10. The average molecular weight is 296 g/mol. The van der Waals surface area contributed by atoms with Crippen LogP contribution in [0.2, 0.25) is 0 Å². The van der Waals surface area contributed by atoms with E-state index in [4.69, 9.17) is 5.11 Å². The van der Waals surface area contributed by atoms with Crippen molar-refractivity contribution in [3.05, 3.63) is 0 Å². The van der Waals surface area contributed by atoms with Crippen LogP contribution in [0.4, 0.5) is 13.2 Å². The molecule has 0 bridgehead atoms. The Morgan fingerprint density at radius 2 is 2.10 bits per heavy atom. The van der Waals surface area contributed by atoms with E-state index >= 15 is 0 Å². The van der Waals surface area contributed by atoms with E-state index in [9.17, 15) is 18.0 Å². The zero-order valence-electron chi connectivity index (χ0n) is 11.7. The number of rotatable bonds is 7. The Morgan fingerprint density at radius 3 is 2.65 bits per heavy atom. The molecular weight excluding hydrogens is 273 g/mol. The Morgan fingerprint density at radius 1 is 1.40 bits per heavy atom. The van der Waals surface area contributed by atoms with Crippen molar-refractivity contribution in [2.75, 3.05) is 26.2 Å². The fraction of sp³-hybridized carbons (Fsp3) is 0.923. The van der Waals surface area contributed by atoms with Crippen LogP contribution < -0.4 is 5.32 Å². The number of carboxylic acids is 1. The molecule has 0 spiro atoms. The van der Waals surface area contributed by atoms with Gasteiger partial charge >= 0.3 is 12.1 Å². The third-order valence-electron chi connectivity index (χ3n) is 3.53. The second-order valence-electron chi connectivity index (χ2n) is 5.52. The standard InChI is InChI=1S/C13H23F3N2O2/c1-2-3-4-10-5-11(17-9-13(14,15)16)7-18(6-10)8-12(19)20/h10-11,17H,2-9H2,1H3,(H,19,20). The van der Waals surface area contributed by atoms with E-state index in [0.717, 1.165) is 19.3 Å². The number of piperidine rings is 1. The van der Waals surface area contributed by atoms with Crippen LogP contribution in [0.15, 0.2) is 0 Å². The minimum atomic E-state index is -4.23. The molecule has 1 aliphatic rings. The zero-order valence-corrected chi connectivity index (χ0v) is 11.7. The van der Waals surface area contributed by atoms with E-state index in [1.165, 1.54) is 0 Å². The van der Waals surface area contributed by atoms with Crippen LogP contribution >= 0.6 is 0 Å². The van der Waals surface area contributed by atoms with Gasteiger partial charge in [0.15, 0.2) is 0 Å². The number of alkyl halides is 3. The van der Waals surface area contributed by atoms with Crippen LogP contribution in [0.25, 0.3) is 0 Å². The first kappa shape index (κ1) is 17.2. The van der Waals surface area contributed by atoms with E-state index < -0.39 is 18.7 Å². The molecule has 1 heterocycles. The summed E-state index contributed by atoms with van der Waals surface area (Å²) in [5.74, 6) is -0.663. The monoisotopic (exact) mass is 296 g/mol. The summed E-state index contributed by atoms with van der Waals surface area (Å²) in [4.78, 5) is 12.5. The van der Waals surface area contributed by atoms with Crippen molar-refractivity contribution in [2.45, 2.75) is 44.8 Å². The molecule has 0 aromatic heterocycles. The molecule has 1 saturated heterocycles.